The van der Waals surface area contributed by atoms with E-state index in [1.807, 2.05) is 0 Å². The van der Waals surface area contributed by atoms with Crippen LogP contribution < -0.4 is 0 Å². The molecule has 16 heavy (non-hydrogen) atoms. The molecule has 0 aliphatic carbocycles. The molecule has 0 fully saturated rings. The van der Waals surface area contributed by atoms with E-state index in [1.165, 1.54) is 70.6 Å². The number of rotatable bonds is 12. The van der Waals surface area contributed by atoms with Crippen LogP contribution >= 0.6 is 12.2 Å². The summed E-state index contributed by atoms with van der Waals surface area (Å²) in [7, 11) is 0. The van der Waals surface area contributed by atoms with Crippen LogP contribution in [-0.2, 0) is 0 Å². The van der Waals surface area contributed by atoms with Crippen molar-refractivity contribution in [3.05, 3.63) is 0 Å². The summed E-state index contributed by atoms with van der Waals surface area (Å²) in [5.41, 5.74) is 0. The largest absolute Gasteiger partial charge is 0.233 e. The van der Waals surface area contributed by atoms with Crippen LogP contribution in [0, 0.1) is 0 Å². The molecule has 0 rings (SSSR count). The average Bonchev–Trinajstić information content (AvgIpc) is 2.31. The zero-order valence-corrected chi connectivity index (χ0v) is 11.7. The van der Waals surface area contributed by atoms with E-state index in [2.05, 4.69) is 29.3 Å². The normalized spacial score (nSPS) is 10.1. The first kappa shape index (κ1) is 15.8. The van der Waals surface area contributed by atoms with E-state index in [4.69, 9.17) is 0 Å². The van der Waals surface area contributed by atoms with Crippen molar-refractivity contribution in [2.24, 2.45) is 4.99 Å². The maximum Gasteiger partial charge on any atom is 0.0584 e. The van der Waals surface area contributed by atoms with Crippen molar-refractivity contribution in [2.75, 3.05) is 6.54 Å². The van der Waals surface area contributed by atoms with E-state index in [-0.39, 0.29) is 0 Å². The van der Waals surface area contributed by atoms with Gasteiger partial charge in [0.1, 0.15) is 0 Å². The Bertz CT molecular complexity index is 174. The summed E-state index contributed by atoms with van der Waals surface area (Å²) in [5, 5.41) is 2.41. The van der Waals surface area contributed by atoms with E-state index in [9.17, 15) is 0 Å². The Balaban J connectivity index is 2.90. The van der Waals surface area contributed by atoms with E-state index in [0.717, 1.165) is 6.54 Å². The lowest BCUT2D eigenvalue weighted by atomic mass is 10.1. The Hall–Kier alpha value is -0.200. The smallest absolute Gasteiger partial charge is 0.0584 e. The molecule has 0 aromatic carbocycles. The van der Waals surface area contributed by atoms with Crippen molar-refractivity contribution in [1.82, 2.24) is 0 Å². The standard InChI is InChI=1S/C14H27NS/c1-2-3-4-5-6-7-8-9-10-11-12-13-15-14-16/h2-13H2,1H3. The summed E-state index contributed by atoms with van der Waals surface area (Å²) in [5.74, 6) is 0. The highest BCUT2D eigenvalue weighted by Gasteiger charge is 1.92. The maximum absolute atomic E-state index is 4.51. The van der Waals surface area contributed by atoms with Gasteiger partial charge in [0, 0.05) is 6.54 Å². The first-order valence-corrected chi connectivity index (χ1v) is 7.36. The number of aliphatic imine (C=N–C) groups is 1. The van der Waals surface area contributed by atoms with Gasteiger partial charge in [-0.1, -0.05) is 71.1 Å². The molecule has 0 saturated carbocycles. The predicted molar refractivity (Wildman–Crippen MR) is 76.4 cm³/mol. The third-order valence-electron chi connectivity index (χ3n) is 2.94. The number of isothiocyanates is 1. The van der Waals surface area contributed by atoms with Crippen LogP contribution in [0.1, 0.15) is 77.6 Å². The van der Waals surface area contributed by atoms with Crippen LogP contribution in [0.25, 0.3) is 0 Å². The minimum atomic E-state index is 0.876. The Labute approximate surface area is 107 Å². The van der Waals surface area contributed by atoms with Crippen molar-refractivity contribution >= 4 is 17.4 Å². The van der Waals surface area contributed by atoms with Crippen LogP contribution in [0.4, 0.5) is 0 Å². The van der Waals surface area contributed by atoms with E-state index in [1.54, 1.807) is 0 Å². The lowest BCUT2D eigenvalue weighted by molar-refractivity contribution is 0.551. The van der Waals surface area contributed by atoms with Gasteiger partial charge in [0.25, 0.3) is 0 Å². The topological polar surface area (TPSA) is 12.4 Å². The van der Waals surface area contributed by atoms with Gasteiger partial charge in [-0.05, 0) is 18.6 Å². The van der Waals surface area contributed by atoms with Gasteiger partial charge in [-0.15, -0.1) is 0 Å². The Morgan fingerprint density at radius 2 is 1.19 bits per heavy atom. The maximum atomic E-state index is 4.51. The minimum absolute atomic E-state index is 0.876. The van der Waals surface area contributed by atoms with Crippen LogP contribution in [0.2, 0.25) is 0 Å². The third kappa shape index (κ3) is 13.8. The SMILES string of the molecule is CCCCCCCCCCCCCN=C=S. The van der Waals surface area contributed by atoms with E-state index < -0.39 is 0 Å². The molecule has 0 aromatic heterocycles. The van der Waals surface area contributed by atoms with E-state index in [0.29, 0.717) is 0 Å². The molecule has 0 heterocycles. The molecule has 0 amide bonds. The molecule has 0 atom stereocenters. The molecule has 0 saturated heterocycles. The van der Waals surface area contributed by atoms with Crippen LogP contribution in [0.5, 0.6) is 0 Å². The number of nitrogens with zero attached hydrogens (tertiary/aromatic N) is 1. The van der Waals surface area contributed by atoms with Gasteiger partial charge >= 0.3 is 0 Å². The number of hydrogen-bond donors (Lipinski definition) is 0. The van der Waals surface area contributed by atoms with Gasteiger partial charge in [0.2, 0.25) is 0 Å². The van der Waals surface area contributed by atoms with Crippen molar-refractivity contribution in [2.45, 2.75) is 77.6 Å². The summed E-state index contributed by atoms with van der Waals surface area (Å²) in [4.78, 5) is 3.91. The molecule has 0 aliphatic heterocycles. The quantitative estimate of drug-likeness (QED) is 0.253. The van der Waals surface area contributed by atoms with Crippen molar-refractivity contribution < 1.29 is 0 Å². The highest BCUT2D eigenvalue weighted by atomic mass is 32.1. The molecule has 0 radical (unpaired) electrons. The molecular formula is C14H27NS. The Morgan fingerprint density at radius 1 is 0.750 bits per heavy atom. The fourth-order valence-corrected chi connectivity index (χ4v) is 1.99. The lowest BCUT2D eigenvalue weighted by Gasteiger charge is -2.01. The van der Waals surface area contributed by atoms with Gasteiger partial charge in [-0.3, -0.25) is 0 Å². The summed E-state index contributed by atoms with van der Waals surface area (Å²) < 4.78 is 0. The van der Waals surface area contributed by atoms with Gasteiger partial charge in [0.05, 0.1) is 5.16 Å². The fourth-order valence-electron chi connectivity index (χ4n) is 1.90. The van der Waals surface area contributed by atoms with Gasteiger partial charge in [-0.25, -0.2) is 4.99 Å². The molecule has 0 bridgehead atoms. The van der Waals surface area contributed by atoms with Crippen LogP contribution in [0.3, 0.4) is 0 Å². The molecule has 0 unspecified atom stereocenters. The molecule has 0 spiro atoms. The zero-order chi connectivity index (χ0) is 11.9. The fraction of sp³-hybridized carbons (Fsp3) is 0.929. The third-order valence-corrected chi connectivity index (χ3v) is 3.07. The van der Waals surface area contributed by atoms with Crippen molar-refractivity contribution in [3.63, 3.8) is 0 Å². The predicted octanol–water partition coefficient (Wildman–Crippen LogP) is 5.40. The van der Waals surface area contributed by atoms with Crippen LogP contribution in [-0.4, -0.2) is 11.7 Å². The molecule has 94 valence electrons. The highest BCUT2D eigenvalue weighted by Crippen LogP contribution is 2.11. The van der Waals surface area contributed by atoms with Gasteiger partial charge in [0.15, 0.2) is 0 Å². The Morgan fingerprint density at radius 3 is 1.62 bits per heavy atom. The minimum Gasteiger partial charge on any atom is -0.233 e. The van der Waals surface area contributed by atoms with E-state index >= 15 is 0 Å². The number of thiocarbonyl (C=S) groups is 1. The van der Waals surface area contributed by atoms with Gasteiger partial charge < -0.3 is 0 Å². The van der Waals surface area contributed by atoms with Crippen molar-refractivity contribution in [1.29, 1.82) is 0 Å². The average molecular weight is 241 g/mol. The monoisotopic (exact) mass is 241 g/mol. The zero-order valence-electron chi connectivity index (χ0n) is 10.8. The summed E-state index contributed by atoms with van der Waals surface area (Å²) >= 11 is 4.51. The summed E-state index contributed by atoms with van der Waals surface area (Å²) in [6.07, 6.45) is 15.2. The second-order valence-electron chi connectivity index (χ2n) is 4.51. The Kier molecular flexibility index (Phi) is 14.6. The molecule has 0 N–H and O–H groups in total. The highest BCUT2D eigenvalue weighted by molar-refractivity contribution is 7.78. The number of hydrogen-bond acceptors (Lipinski definition) is 2. The number of unbranched alkanes of at least 4 members (excludes halogenated alkanes) is 10. The summed E-state index contributed by atoms with van der Waals surface area (Å²) in [6.45, 7) is 3.15. The first-order chi connectivity index (χ1) is 7.91. The lowest BCUT2D eigenvalue weighted by Crippen LogP contribution is -1.84. The van der Waals surface area contributed by atoms with Gasteiger partial charge in [-0.2, -0.15) is 0 Å². The second-order valence-corrected chi connectivity index (χ2v) is 4.69. The molecule has 2 heteroatoms. The second kappa shape index (κ2) is 14.8. The molecule has 0 aliphatic rings. The molecule has 1 nitrogen and oxygen atoms in total. The molecule has 0 aromatic rings. The molecular weight excluding hydrogens is 214 g/mol. The summed E-state index contributed by atoms with van der Waals surface area (Å²) in [6, 6.07) is 0. The first-order valence-electron chi connectivity index (χ1n) is 6.95. The van der Waals surface area contributed by atoms with Crippen molar-refractivity contribution in [3.8, 4) is 0 Å². The van der Waals surface area contributed by atoms with Crippen LogP contribution in [0.15, 0.2) is 4.99 Å².